The molecule has 1 aliphatic carbocycles. The Bertz CT molecular complexity index is 476. The third kappa shape index (κ3) is 1.54. The Morgan fingerprint density at radius 3 is 2.95 bits per heavy atom. The Balaban J connectivity index is 1.97. The number of hydrogen-bond acceptors (Lipinski definition) is 5. The van der Waals surface area contributed by atoms with E-state index < -0.39 is 23.2 Å². The van der Waals surface area contributed by atoms with Crippen molar-refractivity contribution in [3.05, 3.63) is 12.2 Å². The molecule has 4 atom stereocenters. The third-order valence-corrected chi connectivity index (χ3v) is 4.69. The molecular formula is C14H19NO5. The Kier molecular flexibility index (Phi) is 3.01. The van der Waals surface area contributed by atoms with Gasteiger partial charge in [-0.1, -0.05) is 12.2 Å². The van der Waals surface area contributed by atoms with Crippen LogP contribution in [0.4, 0.5) is 4.79 Å². The van der Waals surface area contributed by atoms with Gasteiger partial charge in [-0.2, -0.15) is 0 Å². The second kappa shape index (κ2) is 4.48. The van der Waals surface area contributed by atoms with Gasteiger partial charge in [-0.3, -0.25) is 0 Å². The fourth-order valence-electron chi connectivity index (χ4n) is 3.89. The Morgan fingerprint density at radius 2 is 2.30 bits per heavy atom. The maximum absolute atomic E-state index is 12.4. The highest BCUT2D eigenvalue weighted by Crippen LogP contribution is 2.57. The second-order valence-electron chi connectivity index (χ2n) is 5.52. The minimum absolute atomic E-state index is 0.0355. The molecule has 6 heteroatoms. The quantitative estimate of drug-likeness (QED) is 0.620. The maximum atomic E-state index is 12.4. The van der Waals surface area contributed by atoms with E-state index in [9.17, 15) is 9.59 Å². The van der Waals surface area contributed by atoms with Crippen molar-refractivity contribution in [2.75, 3.05) is 13.7 Å². The highest BCUT2D eigenvalue weighted by molar-refractivity contribution is 5.89. The molecule has 1 amide bonds. The summed E-state index contributed by atoms with van der Waals surface area (Å²) in [7, 11) is 1.33. The monoisotopic (exact) mass is 281 g/mol. The maximum Gasteiger partial charge on any atom is 0.408 e. The van der Waals surface area contributed by atoms with Crippen LogP contribution in [-0.2, 0) is 19.0 Å². The number of fused-ring (bicyclic) bond motifs is 1. The summed E-state index contributed by atoms with van der Waals surface area (Å²) in [5.41, 5.74) is -1.96. The van der Waals surface area contributed by atoms with E-state index in [4.69, 9.17) is 14.2 Å². The van der Waals surface area contributed by atoms with Crippen LogP contribution in [0.3, 0.4) is 0 Å². The highest BCUT2D eigenvalue weighted by Gasteiger charge is 2.70. The van der Waals surface area contributed by atoms with Crippen LogP contribution in [0, 0.1) is 5.92 Å². The Morgan fingerprint density at radius 1 is 1.50 bits per heavy atom. The lowest BCUT2D eigenvalue weighted by atomic mass is 9.76. The van der Waals surface area contributed by atoms with Gasteiger partial charge in [0, 0.05) is 0 Å². The molecular weight excluding hydrogens is 262 g/mol. The molecule has 2 bridgehead atoms. The number of amides is 1. The number of rotatable bonds is 3. The van der Waals surface area contributed by atoms with E-state index in [0.717, 1.165) is 12.8 Å². The van der Waals surface area contributed by atoms with Crippen molar-refractivity contribution in [3.8, 4) is 0 Å². The molecule has 1 saturated heterocycles. The van der Waals surface area contributed by atoms with Gasteiger partial charge in [0.25, 0.3) is 0 Å². The smallest absolute Gasteiger partial charge is 0.408 e. The summed E-state index contributed by atoms with van der Waals surface area (Å²) < 4.78 is 15.9. The van der Waals surface area contributed by atoms with Crippen molar-refractivity contribution < 1.29 is 23.8 Å². The van der Waals surface area contributed by atoms with Crippen molar-refractivity contribution in [1.29, 1.82) is 0 Å². The molecule has 0 aromatic carbocycles. The molecule has 110 valence electrons. The molecule has 1 N–H and O–H groups in total. The number of ether oxygens (including phenoxy) is 3. The zero-order valence-corrected chi connectivity index (χ0v) is 11.7. The summed E-state index contributed by atoms with van der Waals surface area (Å²) >= 11 is 0. The predicted molar refractivity (Wildman–Crippen MR) is 69.0 cm³/mol. The van der Waals surface area contributed by atoms with Gasteiger partial charge >= 0.3 is 12.1 Å². The van der Waals surface area contributed by atoms with E-state index in [0.29, 0.717) is 6.42 Å². The summed E-state index contributed by atoms with van der Waals surface area (Å²) in [5, 5.41) is 2.72. The first-order valence-electron chi connectivity index (χ1n) is 6.98. The first-order valence-corrected chi connectivity index (χ1v) is 6.98. The first kappa shape index (κ1) is 13.4. The van der Waals surface area contributed by atoms with Crippen LogP contribution in [0.25, 0.3) is 0 Å². The zero-order valence-electron chi connectivity index (χ0n) is 11.7. The van der Waals surface area contributed by atoms with Gasteiger partial charge < -0.3 is 19.5 Å². The number of carbonyl (C=O) groups excluding carboxylic acids is 2. The molecule has 0 aromatic heterocycles. The number of alkyl carbamates (subject to hydrolysis) is 1. The van der Waals surface area contributed by atoms with Crippen LogP contribution in [-0.4, -0.2) is 43.0 Å². The van der Waals surface area contributed by atoms with Crippen molar-refractivity contribution in [1.82, 2.24) is 5.32 Å². The van der Waals surface area contributed by atoms with E-state index in [1.54, 1.807) is 6.92 Å². The third-order valence-electron chi connectivity index (χ3n) is 4.69. The summed E-state index contributed by atoms with van der Waals surface area (Å²) in [6, 6.07) is 0. The zero-order chi connectivity index (χ0) is 14.4. The number of methoxy groups -OCH3 is 1. The summed E-state index contributed by atoms with van der Waals surface area (Å²) in [6.07, 6.45) is 5.52. The van der Waals surface area contributed by atoms with Gasteiger partial charge in [-0.25, -0.2) is 9.59 Å². The van der Waals surface area contributed by atoms with Crippen LogP contribution in [0.5, 0.6) is 0 Å². The van der Waals surface area contributed by atoms with Crippen LogP contribution < -0.4 is 5.32 Å². The van der Waals surface area contributed by atoms with E-state index in [2.05, 4.69) is 5.32 Å². The topological polar surface area (TPSA) is 73.9 Å². The van der Waals surface area contributed by atoms with E-state index in [1.165, 1.54) is 7.11 Å². The minimum atomic E-state index is -1.18. The molecule has 0 unspecified atom stereocenters. The lowest BCUT2D eigenvalue weighted by Crippen LogP contribution is -2.66. The van der Waals surface area contributed by atoms with Gasteiger partial charge in [0.2, 0.25) is 0 Å². The van der Waals surface area contributed by atoms with Crippen LogP contribution >= 0.6 is 0 Å². The molecule has 0 aromatic rings. The van der Waals surface area contributed by atoms with E-state index >= 15 is 0 Å². The molecule has 1 spiro atoms. The van der Waals surface area contributed by atoms with Crippen LogP contribution in [0.15, 0.2) is 12.2 Å². The molecule has 3 aliphatic rings. The van der Waals surface area contributed by atoms with Crippen LogP contribution in [0.2, 0.25) is 0 Å². The van der Waals surface area contributed by atoms with Crippen molar-refractivity contribution in [2.24, 2.45) is 5.92 Å². The average Bonchev–Trinajstić information content (AvgIpc) is 3.09. The van der Waals surface area contributed by atoms with E-state index in [1.807, 2.05) is 12.2 Å². The van der Waals surface area contributed by atoms with Crippen molar-refractivity contribution in [2.45, 2.75) is 43.4 Å². The SMILES string of the molecule is CCOC(=O)N[C@]1(C(=O)OC)CC[C@@H]2C[C@H]3C=C[C@]21O3. The molecule has 2 aliphatic heterocycles. The lowest BCUT2D eigenvalue weighted by Gasteiger charge is -2.39. The fraction of sp³-hybridized carbons (Fsp3) is 0.714. The largest absolute Gasteiger partial charge is 0.467 e. The molecule has 20 heavy (non-hydrogen) atoms. The summed E-state index contributed by atoms with van der Waals surface area (Å²) in [4.78, 5) is 24.3. The molecule has 2 heterocycles. The van der Waals surface area contributed by atoms with Gasteiger partial charge in [-0.05, 0) is 32.1 Å². The van der Waals surface area contributed by atoms with Crippen molar-refractivity contribution >= 4 is 12.1 Å². The van der Waals surface area contributed by atoms with Crippen LogP contribution in [0.1, 0.15) is 26.2 Å². The number of carbonyl (C=O) groups is 2. The summed E-state index contributed by atoms with van der Waals surface area (Å²) in [6.45, 7) is 1.97. The van der Waals surface area contributed by atoms with Gasteiger partial charge in [0.05, 0.1) is 19.8 Å². The molecule has 2 fully saturated rings. The van der Waals surface area contributed by atoms with Gasteiger partial charge in [0.15, 0.2) is 5.54 Å². The fourth-order valence-corrected chi connectivity index (χ4v) is 3.89. The average molecular weight is 281 g/mol. The molecule has 1 saturated carbocycles. The first-order chi connectivity index (χ1) is 9.58. The number of nitrogens with one attached hydrogen (secondary N) is 1. The molecule has 3 rings (SSSR count). The summed E-state index contributed by atoms with van der Waals surface area (Å²) in [5.74, 6) is -0.237. The molecule has 0 radical (unpaired) electrons. The minimum Gasteiger partial charge on any atom is -0.467 e. The van der Waals surface area contributed by atoms with Gasteiger partial charge in [0.1, 0.15) is 5.60 Å². The Hall–Kier alpha value is -1.56. The van der Waals surface area contributed by atoms with Gasteiger partial charge in [-0.15, -0.1) is 0 Å². The standard InChI is InChI=1S/C14H19NO5/c1-3-19-12(17)15-13(11(16)18-2)6-4-9-8-10-5-7-14(9,13)20-10/h5,7,9-10H,3-4,6,8H2,1-2H3,(H,15,17)/t9-,10-,13+,14+/m1/s1. The second-order valence-corrected chi connectivity index (χ2v) is 5.52. The normalized spacial score (nSPS) is 40.5. The van der Waals surface area contributed by atoms with E-state index in [-0.39, 0.29) is 18.6 Å². The number of esters is 1. The highest BCUT2D eigenvalue weighted by atomic mass is 16.6. The molecule has 6 nitrogen and oxygen atoms in total. The Labute approximate surface area is 117 Å². The predicted octanol–water partition coefficient (Wildman–Crippen LogP) is 1.15. The number of hydrogen-bond donors (Lipinski definition) is 1. The lowest BCUT2D eigenvalue weighted by molar-refractivity contribution is -0.158. The van der Waals surface area contributed by atoms with Crippen molar-refractivity contribution in [3.63, 3.8) is 0 Å².